The second-order valence-electron chi connectivity index (χ2n) is 4.82. The number of benzene rings is 1. The molecule has 0 spiro atoms. The van der Waals surface area contributed by atoms with Gasteiger partial charge in [-0.1, -0.05) is 24.3 Å². The third-order valence-electron chi connectivity index (χ3n) is 3.12. The number of fused-ring (bicyclic) bond motifs is 1. The number of nitrogens with zero attached hydrogens (tertiary/aromatic N) is 2. The van der Waals surface area contributed by atoms with Crippen LogP contribution < -0.4 is 10.0 Å². The number of pyridine rings is 1. The first-order valence-corrected chi connectivity index (χ1v) is 9.42. The lowest BCUT2D eigenvalue weighted by Crippen LogP contribution is -2.22. The van der Waals surface area contributed by atoms with Crippen LogP contribution in [0.2, 0.25) is 0 Å². The standard InChI is InChI=1S/C15H14N4O3S2/c1-2-17-24(21,22)10-6-7-11-13(9-10)23-15(18-11)19-14(20)12-5-3-4-8-16-12/h3-9,17H,2H2,1H3,(H,18,19,20). The Labute approximate surface area is 142 Å². The van der Waals surface area contributed by atoms with Crippen molar-refractivity contribution in [3.8, 4) is 0 Å². The van der Waals surface area contributed by atoms with E-state index in [2.05, 4.69) is 20.0 Å². The number of aromatic nitrogens is 2. The van der Waals surface area contributed by atoms with Gasteiger partial charge in [0.2, 0.25) is 10.0 Å². The largest absolute Gasteiger partial charge is 0.296 e. The number of carbonyl (C=O) groups excluding carboxylic acids is 1. The SMILES string of the molecule is CCNS(=O)(=O)c1ccc2nc(NC(=O)c3ccccn3)sc2c1. The summed E-state index contributed by atoms with van der Waals surface area (Å²) in [7, 11) is -3.53. The molecule has 0 bridgehead atoms. The van der Waals surface area contributed by atoms with Crippen molar-refractivity contribution >= 4 is 42.6 Å². The van der Waals surface area contributed by atoms with Crippen molar-refractivity contribution in [2.75, 3.05) is 11.9 Å². The average molecular weight is 362 g/mol. The number of rotatable bonds is 5. The van der Waals surface area contributed by atoms with Crippen LogP contribution in [-0.2, 0) is 10.0 Å². The number of thiazole rings is 1. The van der Waals surface area contributed by atoms with Crippen molar-refractivity contribution < 1.29 is 13.2 Å². The molecule has 0 saturated carbocycles. The van der Waals surface area contributed by atoms with Crippen LogP contribution in [-0.4, -0.2) is 30.8 Å². The molecule has 2 N–H and O–H groups in total. The molecule has 0 saturated heterocycles. The maximum absolute atomic E-state index is 12.1. The van der Waals surface area contributed by atoms with Gasteiger partial charge >= 0.3 is 0 Å². The summed E-state index contributed by atoms with van der Waals surface area (Å²) in [6, 6.07) is 9.70. The second-order valence-corrected chi connectivity index (χ2v) is 7.62. The summed E-state index contributed by atoms with van der Waals surface area (Å²) in [6.45, 7) is 2.03. The van der Waals surface area contributed by atoms with Gasteiger partial charge < -0.3 is 0 Å². The lowest BCUT2D eigenvalue weighted by molar-refractivity contribution is 0.102. The molecule has 0 atom stereocenters. The third kappa shape index (κ3) is 3.42. The van der Waals surface area contributed by atoms with Gasteiger partial charge in [-0.15, -0.1) is 0 Å². The van der Waals surface area contributed by atoms with Crippen molar-refractivity contribution in [3.63, 3.8) is 0 Å². The van der Waals surface area contributed by atoms with E-state index in [9.17, 15) is 13.2 Å². The number of amides is 1. The first kappa shape index (κ1) is 16.5. The third-order valence-corrected chi connectivity index (χ3v) is 5.60. The van der Waals surface area contributed by atoms with E-state index in [1.165, 1.54) is 23.6 Å². The number of sulfonamides is 1. The summed E-state index contributed by atoms with van der Waals surface area (Å²) < 4.78 is 27.2. The normalized spacial score (nSPS) is 11.5. The highest BCUT2D eigenvalue weighted by atomic mass is 32.2. The van der Waals surface area contributed by atoms with Crippen molar-refractivity contribution in [1.82, 2.24) is 14.7 Å². The minimum atomic E-state index is -3.53. The Balaban J connectivity index is 1.88. The van der Waals surface area contributed by atoms with Crippen LogP contribution in [0.3, 0.4) is 0 Å². The minimum absolute atomic E-state index is 0.170. The molecule has 3 rings (SSSR count). The number of anilines is 1. The zero-order valence-corrected chi connectivity index (χ0v) is 14.3. The Morgan fingerprint density at radius 3 is 2.79 bits per heavy atom. The quantitative estimate of drug-likeness (QED) is 0.725. The fourth-order valence-corrected chi connectivity index (χ4v) is 4.10. The highest BCUT2D eigenvalue weighted by Gasteiger charge is 2.15. The monoisotopic (exact) mass is 362 g/mol. The predicted molar refractivity (Wildman–Crippen MR) is 92.7 cm³/mol. The Hall–Kier alpha value is -2.36. The van der Waals surface area contributed by atoms with Crippen LogP contribution in [0, 0.1) is 0 Å². The van der Waals surface area contributed by atoms with Gasteiger partial charge in [-0.05, 0) is 30.3 Å². The minimum Gasteiger partial charge on any atom is -0.296 e. The average Bonchev–Trinajstić information content (AvgIpc) is 2.97. The van der Waals surface area contributed by atoms with Crippen LogP contribution in [0.4, 0.5) is 5.13 Å². The molecule has 9 heteroatoms. The van der Waals surface area contributed by atoms with Crippen molar-refractivity contribution in [2.24, 2.45) is 0 Å². The fraction of sp³-hybridized carbons (Fsp3) is 0.133. The molecule has 7 nitrogen and oxygen atoms in total. The zero-order chi connectivity index (χ0) is 17.2. The molecule has 3 aromatic rings. The Morgan fingerprint density at radius 2 is 2.08 bits per heavy atom. The summed E-state index contributed by atoms with van der Waals surface area (Å²) in [6.07, 6.45) is 1.53. The summed E-state index contributed by atoms with van der Waals surface area (Å²) >= 11 is 1.21. The van der Waals surface area contributed by atoms with E-state index in [0.29, 0.717) is 21.9 Å². The first-order valence-electron chi connectivity index (χ1n) is 7.12. The van der Waals surface area contributed by atoms with E-state index < -0.39 is 10.0 Å². The Bertz CT molecular complexity index is 984. The molecule has 0 fully saturated rings. The number of nitrogens with one attached hydrogen (secondary N) is 2. The Kier molecular flexibility index (Phi) is 4.56. The number of hydrogen-bond donors (Lipinski definition) is 2. The summed E-state index contributed by atoms with van der Waals surface area (Å²) in [5.74, 6) is -0.366. The van der Waals surface area contributed by atoms with Crippen LogP contribution in [0.25, 0.3) is 10.2 Å². The molecular weight excluding hydrogens is 348 g/mol. The van der Waals surface area contributed by atoms with E-state index in [-0.39, 0.29) is 16.5 Å². The van der Waals surface area contributed by atoms with E-state index in [0.717, 1.165) is 0 Å². The molecule has 1 aromatic carbocycles. The molecule has 2 heterocycles. The molecule has 24 heavy (non-hydrogen) atoms. The molecule has 2 aromatic heterocycles. The molecule has 0 aliphatic rings. The van der Waals surface area contributed by atoms with Crippen LogP contribution in [0.15, 0.2) is 47.5 Å². The molecule has 0 aliphatic heterocycles. The van der Waals surface area contributed by atoms with Gasteiger partial charge in [0.05, 0.1) is 15.1 Å². The summed E-state index contributed by atoms with van der Waals surface area (Å²) in [4.78, 5) is 20.5. The van der Waals surface area contributed by atoms with Crippen LogP contribution in [0.5, 0.6) is 0 Å². The zero-order valence-electron chi connectivity index (χ0n) is 12.7. The molecule has 0 unspecified atom stereocenters. The van der Waals surface area contributed by atoms with Crippen LogP contribution in [0.1, 0.15) is 17.4 Å². The van der Waals surface area contributed by atoms with Gasteiger partial charge in [-0.2, -0.15) is 0 Å². The maximum atomic E-state index is 12.1. The summed E-state index contributed by atoms with van der Waals surface area (Å²) in [5.41, 5.74) is 0.902. The van der Waals surface area contributed by atoms with E-state index >= 15 is 0 Å². The van der Waals surface area contributed by atoms with Gasteiger partial charge in [0.15, 0.2) is 5.13 Å². The van der Waals surface area contributed by atoms with Gasteiger partial charge in [0.25, 0.3) is 5.91 Å². The van der Waals surface area contributed by atoms with Gasteiger partial charge in [-0.3, -0.25) is 15.1 Å². The van der Waals surface area contributed by atoms with Gasteiger partial charge in [0.1, 0.15) is 5.69 Å². The smallest absolute Gasteiger partial charge is 0.276 e. The summed E-state index contributed by atoms with van der Waals surface area (Å²) in [5, 5.41) is 3.06. The lowest BCUT2D eigenvalue weighted by atomic mass is 10.3. The van der Waals surface area contributed by atoms with Crippen LogP contribution >= 0.6 is 11.3 Å². The highest BCUT2D eigenvalue weighted by molar-refractivity contribution is 7.89. The lowest BCUT2D eigenvalue weighted by Gasteiger charge is -2.03. The first-order chi connectivity index (χ1) is 11.5. The molecule has 124 valence electrons. The predicted octanol–water partition coefficient (Wildman–Crippen LogP) is 2.24. The van der Waals surface area contributed by atoms with E-state index in [1.807, 2.05) is 0 Å². The van der Waals surface area contributed by atoms with E-state index in [4.69, 9.17) is 0 Å². The number of carbonyl (C=O) groups is 1. The molecule has 0 aliphatic carbocycles. The maximum Gasteiger partial charge on any atom is 0.276 e. The molecule has 0 radical (unpaired) electrons. The van der Waals surface area contributed by atoms with Crippen molar-refractivity contribution in [2.45, 2.75) is 11.8 Å². The molecular formula is C15H14N4O3S2. The Morgan fingerprint density at radius 1 is 1.25 bits per heavy atom. The number of hydrogen-bond acceptors (Lipinski definition) is 6. The fourth-order valence-electron chi connectivity index (χ4n) is 2.06. The van der Waals surface area contributed by atoms with Crippen molar-refractivity contribution in [3.05, 3.63) is 48.3 Å². The van der Waals surface area contributed by atoms with Crippen molar-refractivity contribution in [1.29, 1.82) is 0 Å². The topological polar surface area (TPSA) is 101 Å². The van der Waals surface area contributed by atoms with Gasteiger partial charge in [-0.25, -0.2) is 18.1 Å². The molecule has 1 amide bonds. The van der Waals surface area contributed by atoms with E-state index in [1.54, 1.807) is 37.3 Å². The van der Waals surface area contributed by atoms with Gasteiger partial charge in [0, 0.05) is 12.7 Å². The highest BCUT2D eigenvalue weighted by Crippen LogP contribution is 2.28. The second kappa shape index (κ2) is 6.63.